The Balaban J connectivity index is 2.12. The van der Waals surface area contributed by atoms with Crippen LogP contribution in [0.4, 0.5) is 0 Å². The fourth-order valence-corrected chi connectivity index (χ4v) is 4.64. The van der Waals surface area contributed by atoms with Gasteiger partial charge in [0.25, 0.3) is 0 Å². The molecule has 1 aliphatic rings. The molecule has 0 radical (unpaired) electrons. The summed E-state index contributed by atoms with van der Waals surface area (Å²) in [5, 5.41) is 29.9. The van der Waals surface area contributed by atoms with E-state index < -0.39 is 23.1 Å². The third kappa shape index (κ3) is 3.39. The van der Waals surface area contributed by atoms with Crippen LogP contribution in [0.25, 0.3) is 0 Å². The zero-order valence-electron chi connectivity index (χ0n) is 13.0. The smallest absolute Gasteiger partial charge is 0.237 e. The molecule has 0 bridgehead atoms. The molecule has 0 spiro atoms. The van der Waals surface area contributed by atoms with Gasteiger partial charge in [-0.1, -0.05) is 65.8 Å². The summed E-state index contributed by atoms with van der Waals surface area (Å²) in [5.41, 5.74) is 1.44. The van der Waals surface area contributed by atoms with Crippen molar-refractivity contribution in [1.82, 2.24) is 0 Å². The first kappa shape index (κ1) is 17.5. The van der Waals surface area contributed by atoms with Crippen LogP contribution in [-0.2, 0) is 0 Å². The standard InChI is InChI=1S/C18H14ClN3O2S/c19-13-8-6-11(7-9-13)15-14(10-20)18(21)25-17(16(15)22(23)24)12-4-2-1-3-5-12/h1-9,14-17,21H/t14-,15-,16-,17+/m1/s1. The van der Waals surface area contributed by atoms with Gasteiger partial charge in [0.1, 0.15) is 11.2 Å². The molecule has 0 aromatic heterocycles. The van der Waals surface area contributed by atoms with Gasteiger partial charge in [0.15, 0.2) is 0 Å². The van der Waals surface area contributed by atoms with Crippen LogP contribution in [0.5, 0.6) is 0 Å². The maximum Gasteiger partial charge on any atom is 0.237 e. The lowest BCUT2D eigenvalue weighted by Crippen LogP contribution is -2.42. The Kier molecular flexibility index (Phi) is 5.07. The van der Waals surface area contributed by atoms with E-state index in [1.54, 1.807) is 24.3 Å². The molecule has 2 aromatic rings. The van der Waals surface area contributed by atoms with Gasteiger partial charge in [0.05, 0.1) is 17.0 Å². The monoisotopic (exact) mass is 371 g/mol. The summed E-state index contributed by atoms with van der Waals surface area (Å²) in [5.74, 6) is -1.54. The highest BCUT2D eigenvalue weighted by Gasteiger charge is 2.51. The Morgan fingerprint density at radius 2 is 1.76 bits per heavy atom. The van der Waals surface area contributed by atoms with Gasteiger partial charge in [-0.15, -0.1) is 0 Å². The molecule has 7 heteroatoms. The van der Waals surface area contributed by atoms with Gasteiger partial charge < -0.3 is 0 Å². The summed E-state index contributed by atoms with van der Waals surface area (Å²) in [6, 6.07) is 17.0. The normalized spacial score (nSPS) is 26.0. The SMILES string of the molecule is N#C[C@H]1C(=N)S[C@@H](c2ccccc2)[C@H]([N+](=O)[O-])[C@@H]1c1ccc(Cl)cc1. The molecule has 0 aliphatic carbocycles. The number of nitrogens with one attached hydrogen (secondary N) is 1. The molecule has 3 rings (SSSR count). The average Bonchev–Trinajstić information content (AvgIpc) is 2.62. The van der Waals surface area contributed by atoms with Crippen molar-refractivity contribution in [1.29, 1.82) is 10.7 Å². The minimum Gasteiger partial charge on any atom is -0.297 e. The van der Waals surface area contributed by atoms with Gasteiger partial charge >= 0.3 is 0 Å². The molecule has 2 aromatic carbocycles. The van der Waals surface area contributed by atoms with E-state index in [0.717, 1.165) is 17.3 Å². The fraction of sp³-hybridized carbons (Fsp3) is 0.222. The fourth-order valence-electron chi connectivity index (χ4n) is 3.19. The average molecular weight is 372 g/mol. The minimum absolute atomic E-state index is 0.161. The van der Waals surface area contributed by atoms with Crippen molar-refractivity contribution in [3.8, 4) is 6.07 Å². The maximum absolute atomic E-state index is 11.9. The van der Waals surface area contributed by atoms with Gasteiger partial charge in [-0.05, 0) is 23.3 Å². The second-order valence-electron chi connectivity index (χ2n) is 5.77. The molecule has 1 fully saturated rings. The maximum atomic E-state index is 11.9. The number of nitrogens with zero attached hydrogens (tertiary/aromatic N) is 2. The first-order chi connectivity index (χ1) is 12.0. The number of hydrogen-bond donors (Lipinski definition) is 1. The molecular weight excluding hydrogens is 358 g/mol. The quantitative estimate of drug-likeness (QED) is 0.626. The third-order valence-corrected chi connectivity index (χ3v) is 5.90. The van der Waals surface area contributed by atoms with Crippen molar-refractivity contribution in [2.75, 3.05) is 0 Å². The molecule has 0 saturated carbocycles. The van der Waals surface area contributed by atoms with Crippen LogP contribution in [0.3, 0.4) is 0 Å². The third-order valence-electron chi connectivity index (χ3n) is 4.34. The van der Waals surface area contributed by atoms with E-state index >= 15 is 0 Å². The van der Waals surface area contributed by atoms with Crippen molar-refractivity contribution < 1.29 is 4.92 Å². The number of nitro groups is 1. The Hall–Kier alpha value is -2.36. The van der Waals surface area contributed by atoms with Gasteiger partial charge in [0.2, 0.25) is 6.04 Å². The molecule has 1 heterocycles. The van der Waals surface area contributed by atoms with Crippen LogP contribution in [-0.4, -0.2) is 16.0 Å². The summed E-state index contributed by atoms with van der Waals surface area (Å²) < 4.78 is 0. The Morgan fingerprint density at radius 1 is 1.12 bits per heavy atom. The second-order valence-corrected chi connectivity index (χ2v) is 7.39. The van der Waals surface area contributed by atoms with E-state index in [4.69, 9.17) is 17.0 Å². The molecule has 1 saturated heterocycles. The minimum atomic E-state index is -1.01. The van der Waals surface area contributed by atoms with E-state index in [2.05, 4.69) is 6.07 Å². The van der Waals surface area contributed by atoms with Gasteiger partial charge in [0, 0.05) is 9.95 Å². The number of nitriles is 1. The van der Waals surface area contributed by atoms with E-state index in [-0.39, 0.29) is 9.97 Å². The first-order valence-corrected chi connectivity index (χ1v) is 8.87. The Bertz CT molecular complexity index is 836. The van der Waals surface area contributed by atoms with E-state index in [9.17, 15) is 15.4 Å². The number of rotatable bonds is 3. The lowest BCUT2D eigenvalue weighted by Gasteiger charge is -2.35. The van der Waals surface area contributed by atoms with Gasteiger partial charge in [-0.25, -0.2) is 0 Å². The lowest BCUT2D eigenvalue weighted by molar-refractivity contribution is -0.528. The Labute approximate surface area is 154 Å². The van der Waals surface area contributed by atoms with Crippen LogP contribution < -0.4 is 0 Å². The largest absolute Gasteiger partial charge is 0.297 e. The summed E-state index contributed by atoms with van der Waals surface area (Å²) in [6.07, 6.45) is 0. The van der Waals surface area contributed by atoms with Crippen LogP contribution in [0.15, 0.2) is 54.6 Å². The first-order valence-electron chi connectivity index (χ1n) is 7.61. The number of benzene rings is 2. The van der Waals surface area contributed by atoms with E-state index in [0.29, 0.717) is 10.6 Å². The number of halogens is 1. The predicted molar refractivity (Wildman–Crippen MR) is 98.6 cm³/mol. The second kappa shape index (κ2) is 7.26. The van der Waals surface area contributed by atoms with Crippen molar-refractivity contribution in [3.63, 3.8) is 0 Å². The van der Waals surface area contributed by atoms with Crippen LogP contribution >= 0.6 is 23.4 Å². The van der Waals surface area contributed by atoms with Crippen molar-refractivity contribution in [2.45, 2.75) is 17.2 Å². The molecule has 5 nitrogen and oxygen atoms in total. The van der Waals surface area contributed by atoms with Crippen molar-refractivity contribution in [2.24, 2.45) is 5.92 Å². The molecule has 1 aliphatic heterocycles. The van der Waals surface area contributed by atoms with E-state index in [1.165, 1.54) is 0 Å². The molecule has 1 N–H and O–H groups in total. The van der Waals surface area contributed by atoms with Crippen molar-refractivity contribution in [3.05, 3.63) is 80.9 Å². The van der Waals surface area contributed by atoms with E-state index in [1.807, 2.05) is 30.3 Å². The highest BCUT2D eigenvalue weighted by molar-refractivity contribution is 8.14. The van der Waals surface area contributed by atoms with Crippen molar-refractivity contribution >= 4 is 28.4 Å². The summed E-state index contributed by atoms with van der Waals surface area (Å²) in [7, 11) is 0. The summed E-state index contributed by atoms with van der Waals surface area (Å²) >= 11 is 7.03. The molecule has 0 amide bonds. The zero-order chi connectivity index (χ0) is 18.0. The molecule has 25 heavy (non-hydrogen) atoms. The zero-order valence-corrected chi connectivity index (χ0v) is 14.6. The lowest BCUT2D eigenvalue weighted by atomic mass is 9.78. The van der Waals surface area contributed by atoms with Crippen LogP contribution in [0.2, 0.25) is 5.02 Å². The molecular formula is C18H14ClN3O2S. The topological polar surface area (TPSA) is 90.8 Å². The molecule has 126 valence electrons. The Morgan fingerprint density at radius 3 is 2.32 bits per heavy atom. The predicted octanol–water partition coefficient (Wildman–Crippen LogP) is 4.67. The molecule has 0 unspecified atom stereocenters. The van der Waals surface area contributed by atoms with Crippen LogP contribution in [0.1, 0.15) is 22.3 Å². The molecule has 4 atom stereocenters. The summed E-state index contributed by atoms with van der Waals surface area (Å²) in [6.45, 7) is 0. The number of hydrogen-bond acceptors (Lipinski definition) is 5. The highest BCUT2D eigenvalue weighted by Crippen LogP contribution is 2.50. The number of thioether (sulfide) groups is 1. The highest BCUT2D eigenvalue weighted by atomic mass is 35.5. The van der Waals surface area contributed by atoms with Gasteiger partial charge in [-0.3, -0.25) is 15.5 Å². The van der Waals surface area contributed by atoms with Gasteiger partial charge in [-0.2, -0.15) is 5.26 Å². The van der Waals surface area contributed by atoms with Crippen LogP contribution in [0, 0.1) is 32.8 Å². The summed E-state index contributed by atoms with van der Waals surface area (Å²) in [4.78, 5) is 11.6.